The second-order valence-corrected chi connectivity index (χ2v) is 4.49. The predicted octanol–water partition coefficient (Wildman–Crippen LogP) is 4.19. The lowest BCUT2D eigenvalue weighted by atomic mass is 10.2. The highest BCUT2D eigenvalue weighted by Gasteiger charge is 2.13. The van der Waals surface area contributed by atoms with Crippen LogP contribution in [0.3, 0.4) is 0 Å². The molecule has 0 aliphatic heterocycles. The Balaban J connectivity index is 2.23. The van der Waals surface area contributed by atoms with Crippen molar-refractivity contribution in [3.05, 3.63) is 69.3 Å². The Labute approximate surface area is 124 Å². The predicted molar refractivity (Wildman–Crippen MR) is 73.3 cm³/mol. The average Bonchev–Trinajstić information content (AvgIpc) is 2.45. The summed E-state index contributed by atoms with van der Waals surface area (Å²) in [5, 5.41) is 10.7. The largest absolute Gasteiger partial charge is 0.485 e. The first-order valence-electron chi connectivity index (χ1n) is 5.91. The SMILES string of the molecule is O=[N+]([O-])c1cc(F)cc(COc2c(F)cccc2CCl)c1. The summed E-state index contributed by atoms with van der Waals surface area (Å²) >= 11 is 5.68. The molecular formula is C14H10ClF2NO3. The van der Waals surface area contributed by atoms with E-state index in [0.717, 1.165) is 12.1 Å². The van der Waals surface area contributed by atoms with E-state index in [1.165, 1.54) is 18.2 Å². The third-order valence-corrected chi connectivity index (χ3v) is 3.02. The van der Waals surface area contributed by atoms with Crippen LogP contribution in [0.4, 0.5) is 14.5 Å². The van der Waals surface area contributed by atoms with Gasteiger partial charge in [-0.25, -0.2) is 8.78 Å². The number of para-hydroxylation sites is 1. The third kappa shape index (κ3) is 3.66. The van der Waals surface area contributed by atoms with Crippen LogP contribution < -0.4 is 4.74 Å². The molecule has 0 unspecified atom stereocenters. The van der Waals surface area contributed by atoms with Gasteiger partial charge in [-0.15, -0.1) is 11.6 Å². The van der Waals surface area contributed by atoms with Gasteiger partial charge in [0.05, 0.1) is 16.9 Å². The van der Waals surface area contributed by atoms with Crippen molar-refractivity contribution in [3.63, 3.8) is 0 Å². The third-order valence-electron chi connectivity index (χ3n) is 2.73. The minimum Gasteiger partial charge on any atom is -0.485 e. The zero-order valence-electron chi connectivity index (χ0n) is 10.7. The van der Waals surface area contributed by atoms with E-state index in [4.69, 9.17) is 16.3 Å². The maximum absolute atomic E-state index is 13.7. The number of rotatable bonds is 5. The second kappa shape index (κ2) is 6.49. The number of halogens is 3. The molecule has 0 aliphatic rings. The highest BCUT2D eigenvalue weighted by Crippen LogP contribution is 2.26. The molecule has 0 N–H and O–H groups in total. The molecule has 0 aliphatic carbocycles. The lowest BCUT2D eigenvalue weighted by molar-refractivity contribution is -0.385. The monoisotopic (exact) mass is 313 g/mol. The van der Waals surface area contributed by atoms with Crippen LogP contribution in [0.2, 0.25) is 0 Å². The molecular weight excluding hydrogens is 304 g/mol. The number of nitro groups is 1. The number of hydrogen-bond donors (Lipinski definition) is 0. The lowest BCUT2D eigenvalue weighted by Gasteiger charge is -2.11. The molecule has 2 rings (SSSR count). The Morgan fingerprint density at radius 2 is 2.00 bits per heavy atom. The highest BCUT2D eigenvalue weighted by atomic mass is 35.5. The summed E-state index contributed by atoms with van der Waals surface area (Å²) in [5.41, 5.74) is 0.285. The summed E-state index contributed by atoms with van der Waals surface area (Å²) in [4.78, 5) is 9.95. The van der Waals surface area contributed by atoms with Crippen molar-refractivity contribution < 1.29 is 18.4 Å². The van der Waals surface area contributed by atoms with E-state index < -0.39 is 16.6 Å². The molecule has 2 aromatic rings. The number of alkyl halides is 1. The van der Waals surface area contributed by atoms with E-state index in [9.17, 15) is 18.9 Å². The van der Waals surface area contributed by atoms with Gasteiger partial charge in [0.15, 0.2) is 11.6 Å². The van der Waals surface area contributed by atoms with Gasteiger partial charge in [-0.05, 0) is 17.7 Å². The van der Waals surface area contributed by atoms with Gasteiger partial charge in [-0.3, -0.25) is 10.1 Å². The van der Waals surface area contributed by atoms with Gasteiger partial charge in [0.2, 0.25) is 0 Å². The molecule has 0 atom stereocenters. The molecule has 110 valence electrons. The molecule has 0 saturated carbocycles. The van der Waals surface area contributed by atoms with Crippen LogP contribution in [0.25, 0.3) is 0 Å². The van der Waals surface area contributed by atoms with Gasteiger partial charge in [0.25, 0.3) is 5.69 Å². The summed E-state index contributed by atoms with van der Waals surface area (Å²) in [6.45, 7) is -0.205. The van der Waals surface area contributed by atoms with Crippen molar-refractivity contribution in [2.75, 3.05) is 0 Å². The number of nitro benzene ring substituents is 1. The van der Waals surface area contributed by atoms with Crippen molar-refractivity contribution in [2.45, 2.75) is 12.5 Å². The topological polar surface area (TPSA) is 52.4 Å². The van der Waals surface area contributed by atoms with E-state index in [2.05, 4.69) is 0 Å². The molecule has 0 heterocycles. The summed E-state index contributed by atoms with van der Waals surface area (Å²) in [6, 6.07) is 7.36. The zero-order chi connectivity index (χ0) is 15.4. The number of nitrogens with zero attached hydrogens (tertiary/aromatic N) is 1. The average molecular weight is 314 g/mol. The molecule has 0 aromatic heterocycles. The number of non-ortho nitro benzene ring substituents is 1. The van der Waals surface area contributed by atoms with Crippen LogP contribution in [0.15, 0.2) is 36.4 Å². The van der Waals surface area contributed by atoms with Crippen LogP contribution >= 0.6 is 11.6 Å². The number of hydrogen-bond acceptors (Lipinski definition) is 3. The van der Waals surface area contributed by atoms with E-state index in [-0.39, 0.29) is 29.5 Å². The quantitative estimate of drug-likeness (QED) is 0.472. The molecule has 21 heavy (non-hydrogen) atoms. The molecule has 0 radical (unpaired) electrons. The molecule has 4 nitrogen and oxygen atoms in total. The number of benzene rings is 2. The van der Waals surface area contributed by atoms with E-state index in [0.29, 0.717) is 5.56 Å². The van der Waals surface area contributed by atoms with E-state index in [1.54, 1.807) is 6.07 Å². The molecule has 0 bridgehead atoms. The smallest absolute Gasteiger partial charge is 0.272 e. The maximum Gasteiger partial charge on any atom is 0.272 e. The summed E-state index contributed by atoms with van der Waals surface area (Å²) in [7, 11) is 0. The van der Waals surface area contributed by atoms with E-state index in [1.807, 2.05) is 0 Å². The molecule has 0 saturated heterocycles. The Hall–Kier alpha value is -2.21. The van der Waals surface area contributed by atoms with Gasteiger partial charge >= 0.3 is 0 Å². The van der Waals surface area contributed by atoms with Crippen molar-refractivity contribution in [1.29, 1.82) is 0 Å². The van der Waals surface area contributed by atoms with Gasteiger partial charge in [0, 0.05) is 11.6 Å². The fraction of sp³-hybridized carbons (Fsp3) is 0.143. The Morgan fingerprint density at radius 1 is 1.24 bits per heavy atom. The van der Waals surface area contributed by atoms with Gasteiger partial charge in [0.1, 0.15) is 12.4 Å². The van der Waals surface area contributed by atoms with Crippen LogP contribution in [-0.2, 0) is 12.5 Å². The Bertz CT molecular complexity index is 679. The molecule has 0 spiro atoms. The standard InChI is InChI=1S/C14H10ClF2NO3/c15-7-10-2-1-3-13(17)14(10)21-8-9-4-11(16)6-12(5-9)18(19)20/h1-6H,7-8H2. The molecule has 0 amide bonds. The fourth-order valence-electron chi connectivity index (χ4n) is 1.80. The maximum atomic E-state index is 13.7. The van der Waals surface area contributed by atoms with Crippen molar-refractivity contribution in [3.8, 4) is 5.75 Å². The lowest BCUT2D eigenvalue weighted by Crippen LogP contribution is -2.01. The molecule has 0 fully saturated rings. The zero-order valence-corrected chi connectivity index (χ0v) is 11.4. The fourth-order valence-corrected chi connectivity index (χ4v) is 2.01. The van der Waals surface area contributed by atoms with Gasteiger partial charge in [-0.1, -0.05) is 12.1 Å². The minimum absolute atomic E-state index is 0.0422. The normalized spacial score (nSPS) is 10.4. The molecule has 7 heteroatoms. The molecule has 2 aromatic carbocycles. The Morgan fingerprint density at radius 3 is 2.67 bits per heavy atom. The number of ether oxygens (including phenoxy) is 1. The van der Waals surface area contributed by atoms with Crippen molar-refractivity contribution in [2.24, 2.45) is 0 Å². The summed E-state index contributed by atoms with van der Waals surface area (Å²) < 4.78 is 32.2. The van der Waals surface area contributed by atoms with Gasteiger partial charge < -0.3 is 4.74 Å². The van der Waals surface area contributed by atoms with Crippen molar-refractivity contribution in [1.82, 2.24) is 0 Å². The van der Waals surface area contributed by atoms with Crippen LogP contribution in [0.5, 0.6) is 5.75 Å². The van der Waals surface area contributed by atoms with Gasteiger partial charge in [-0.2, -0.15) is 0 Å². The first kappa shape index (κ1) is 15.2. The van der Waals surface area contributed by atoms with Crippen molar-refractivity contribution >= 4 is 17.3 Å². The minimum atomic E-state index is -0.756. The van der Waals surface area contributed by atoms with Crippen LogP contribution in [-0.4, -0.2) is 4.92 Å². The summed E-state index contributed by atoms with van der Waals surface area (Å²) in [5.74, 6) is -1.34. The first-order valence-corrected chi connectivity index (χ1v) is 6.44. The summed E-state index contributed by atoms with van der Waals surface area (Å²) in [6.07, 6.45) is 0. The van der Waals surface area contributed by atoms with Crippen LogP contribution in [0.1, 0.15) is 11.1 Å². The highest BCUT2D eigenvalue weighted by molar-refractivity contribution is 6.17. The Kier molecular flexibility index (Phi) is 4.70. The van der Waals surface area contributed by atoms with E-state index >= 15 is 0 Å². The first-order chi connectivity index (χ1) is 10.0. The second-order valence-electron chi connectivity index (χ2n) is 4.23. The van der Waals surface area contributed by atoms with Crippen LogP contribution in [0, 0.1) is 21.7 Å².